The molecule has 0 aliphatic rings. The van der Waals surface area contributed by atoms with Gasteiger partial charge in [0.2, 0.25) is 0 Å². The van der Waals surface area contributed by atoms with Crippen LogP contribution in [0.3, 0.4) is 0 Å². The van der Waals surface area contributed by atoms with Crippen LogP contribution in [-0.4, -0.2) is 19.1 Å². The van der Waals surface area contributed by atoms with Gasteiger partial charge in [0, 0.05) is 18.5 Å². The number of carbonyl (C=O) groups excluding carboxylic acids is 1. The van der Waals surface area contributed by atoms with E-state index in [1.165, 1.54) is 0 Å². The van der Waals surface area contributed by atoms with Crippen LogP contribution in [0.25, 0.3) is 11.0 Å². The SMILES string of the molecule is CCCNc1c(NC(=O)NCCc2ccccc2)c(=O)oc2ccccc12. The van der Waals surface area contributed by atoms with Gasteiger partial charge in [0.1, 0.15) is 5.58 Å². The van der Waals surface area contributed by atoms with Gasteiger partial charge in [0.15, 0.2) is 5.69 Å². The Bertz CT molecular complexity index is 967. The van der Waals surface area contributed by atoms with Crippen LogP contribution in [-0.2, 0) is 6.42 Å². The highest BCUT2D eigenvalue weighted by Crippen LogP contribution is 2.28. The van der Waals surface area contributed by atoms with Gasteiger partial charge in [-0.05, 0) is 30.5 Å². The Labute approximate surface area is 157 Å². The van der Waals surface area contributed by atoms with Crippen molar-refractivity contribution in [3.63, 3.8) is 0 Å². The molecular formula is C21H23N3O3. The number of hydrogen-bond donors (Lipinski definition) is 3. The predicted octanol–water partition coefficient (Wildman–Crippen LogP) is 3.98. The molecule has 6 heteroatoms. The highest BCUT2D eigenvalue weighted by molar-refractivity contribution is 6.01. The number of amides is 2. The summed E-state index contributed by atoms with van der Waals surface area (Å²) in [7, 11) is 0. The van der Waals surface area contributed by atoms with E-state index in [1.807, 2.05) is 49.4 Å². The van der Waals surface area contributed by atoms with Crippen LogP contribution in [0.4, 0.5) is 16.2 Å². The first-order chi connectivity index (χ1) is 13.2. The van der Waals surface area contributed by atoms with Crippen LogP contribution in [0.15, 0.2) is 63.8 Å². The fourth-order valence-corrected chi connectivity index (χ4v) is 2.82. The summed E-state index contributed by atoms with van der Waals surface area (Å²) in [5.74, 6) is 0. The molecule has 3 N–H and O–H groups in total. The minimum absolute atomic E-state index is 0.124. The standard InChI is InChI=1S/C21H23N3O3/c1-2-13-22-18-16-10-6-7-11-17(16)27-20(25)19(18)24-21(26)23-14-12-15-8-4-3-5-9-15/h3-11,22H,2,12-14H2,1H3,(H2,23,24,26). The van der Waals surface area contributed by atoms with Crippen LogP contribution in [0.2, 0.25) is 0 Å². The molecule has 140 valence electrons. The molecule has 0 unspecified atom stereocenters. The number of hydrogen-bond acceptors (Lipinski definition) is 4. The Morgan fingerprint density at radius 3 is 2.48 bits per heavy atom. The molecule has 0 aliphatic carbocycles. The first-order valence-electron chi connectivity index (χ1n) is 9.07. The van der Waals surface area contributed by atoms with E-state index in [2.05, 4.69) is 16.0 Å². The van der Waals surface area contributed by atoms with Crippen molar-refractivity contribution in [1.29, 1.82) is 0 Å². The summed E-state index contributed by atoms with van der Waals surface area (Å²) in [4.78, 5) is 24.7. The summed E-state index contributed by atoms with van der Waals surface area (Å²) in [6.07, 6.45) is 1.60. The van der Waals surface area contributed by atoms with Gasteiger partial charge in [-0.2, -0.15) is 0 Å². The van der Waals surface area contributed by atoms with Gasteiger partial charge in [-0.25, -0.2) is 9.59 Å². The van der Waals surface area contributed by atoms with Crippen molar-refractivity contribution < 1.29 is 9.21 Å². The van der Waals surface area contributed by atoms with Gasteiger partial charge in [0.25, 0.3) is 0 Å². The topological polar surface area (TPSA) is 83.4 Å². The van der Waals surface area contributed by atoms with Gasteiger partial charge in [-0.3, -0.25) is 5.32 Å². The largest absolute Gasteiger partial charge is 0.421 e. The maximum absolute atomic E-state index is 12.4. The number of para-hydroxylation sites is 1. The smallest absolute Gasteiger partial charge is 0.362 e. The van der Waals surface area contributed by atoms with Crippen LogP contribution < -0.4 is 21.6 Å². The summed E-state index contributed by atoms with van der Waals surface area (Å²) >= 11 is 0. The number of nitrogens with one attached hydrogen (secondary N) is 3. The zero-order valence-electron chi connectivity index (χ0n) is 15.2. The second kappa shape index (κ2) is 8.89. The molecule has 2 amide bonds. The highest BCUT2D eigenvalue weighted by atomic mass is 16.4. The molecule has 0 saturated heterocycles. The third-order valence-electron chi connectivity index (χ3n) is 4.15. The van der Waals surface area contributed by atoms with Crippen molar-refractivity contribution in [3.8, 4) is 0 Å². The molecule has 1 aromatic heterocycles. The molecule has 0 radical (unpaired) electrons. The lowest BCUT2D eigenvalue weighted by Gasteiger charge is -2.14. The molecule has 1 heterocycles. The molecule has 27 heavy (non-hydrogen) atoms. The van der Waals surface area contributed by atoms with Crippen molar-refractivity contribution >= 4 is 28.4 Å². The molecule has 0 saturated carbocycles. The normalized spacial score (nSPS) is 10.6. The summed E-state index contributed by atoms with van der Waals surface area (Å²) in [6.45, 7) is 3.17. The van der Waals surface area contributed by atoms with Crippen molar-refractivity contribution in [2.45, 2.75) is 19.8 Å². The van der Waals surface area contributed by atoms with Crippen LogP contribution >= 0.6 is 0 Å². The molecule has 0 spiro atoms. The summed E-state index contributed by atoms with van der Waals surface area (Å²) in [6, 6.07) is 16.7. The Hall–Kier alpha value is -3.28. The number of fused-ring (bicyclic) bond motifs is 1. The van der Waals surface area contributed by atoms with Crippen LogP contribution in [0.1, 0.15) is 18.9 Å². The van der Waals surface area contributed by atoms with E-state index in [0.29, 0.717) is 30.8 Å². The molecular weight excluding hydrogens is 342 g/mol. The molecule has 3 rings (SSSR count). The lowest BCUT2D eigenvalue weighted by Crippen LogP contribution is -2.32. The highest BCUT2D eigenvalue weighted by Gasteiger charge is 2.16. The minimum atomic E-state index is -0.578. The summed E-state index contributed by atoms with van der Waals surface area (Å²) in [5.41, 5.74) is 1.75. The average Bonchev–Trinajstić information content (AvgIpc) is 2.68. The van der Waals surface area contributed by atoms with E-state index in [-0.39, 0.29) is 5.69 Å². The average molecular weight is 365 g/mol. The number of benzene rings is 2. The number of carbonyl (C=O) groups is 1. The Balaban J connectivity index is 1.75. The van der Waals surface area contributed by atoms with E-state index in [0.717, 1.165) is 17.4 Å². The maximum atomic E-state index is 12.4. The number of anilines is 2. The lowest BCUT2D eigenvalue weighted by atomic mass is 10.1. The van der Waals surface area contributed by atoms with E-state index < -0.39 is 11.7 Å². The van der Waals surface area contributed by atoms with Crippen molar-refractivity contribution in [3.05, 3.63) is 70.6 Å². The van der Waals surface area contributed by atoms with Gasteiger partial charge < -0.3 is 15.1 Å². The van der Waals surface area contributed by atoms with E-state index in [4.69, 9.17) is 4.42 Å². The Morgan fingerprint density at radius 2 is 1.70 bits per heavy atom. The summed E-state index contributed by atoms with van der Waals surface area (Å²) < 4.78 is 5.35. The first kappa shape index (κ1) is 18.5. The maximum Gasteiger partial charge on any atom is 0.362 e. The number of urea groups is 1. The zero-order valence-corrected chi connectivity index (χ0v) is 15.2. The third-order valence-corrected chi connectivity index (χ3v) is 4.15. The zero-order chi connectivity index (χ0) is 19.1. The Morgan fingerprint density at radius 1 is 0.963 bits per heavy atom. The first-order valence-corrected chi connectivity index (χ1v) is 9.07. The molecule has 3 aromatic rings. The fourth-order valence-electron chi connectivity index (χ4n) is 2.82. The fraction of sp³-hybridized carbons (Fsp3) is 0.238. The second-order valence-corrected chi connectivity index (χ2v) is 6.18. The third kappa shape index (κ3) is 4.67. The number of rotatable bonds is 7. The van der Waals surface area contributed by atoms with Gasteiger partial charge in [-0.15, -0.1) is 0 Å². The Kier molecular flexibility index (Phi) is 6.10. The molecule has 6 nitrogen and oxygen atoms in total. The van der Waals surface area contributed by atoms with E-state index in [9.17, 15) is 9.59 Å². The van der Waals surface area contributed by atoms with Crippen molar-refractivity contribution in [2.75, 3.05) is 23.7 Å². The van der Waals surface area contributed by atoms with Crippen molar-refractivity contribution in [2.24, 2.45) is 0 Å². The second-order valence-electron chi connectivity index (χ2n) is 6.18. The molecule has 2 aromatic carbocycles. The minimum Gasteiger partial charge on any atom is -0.421 e. The monoisotopic (exact) mass is 365 g/mol. The van der Waals surface area contributed by atoms with Gasteiger partial charge in [-0.1, -0.05) is 49.4 Å². The molecule has 0 fully saturated rings. The van der Waals surface area contributed by atoms with Crippen molar-refractivity contribution in [1.82, 2.24) is 5.32 Å². The lowest BCUT2D eigenvalue weighted by molar-refractivity contribution is 0.252. The van der Waals surface area contributed by atoms with Gasteiger partial charge >= 0.3 is 11.7 Å². The molecule has 0 bridgehead atoms. The van der Waals surface area contributed by atoms with E-state index >= 15 is 0 Å². The molecule has 0 atom stereocenters. The quantitative estimate of drug-likeness (QED) is 0.553. The molecule has 0 aliphatic heterocycles. The predicted molar refractivity (Wildman–Crippen MR) is 108 cm³/mol. The van der Waals surface area contributed by atoms with Crippen LogP contribution in [0, 0.1) is 0 Å². The summed E-state index contributed by atoms with van der Waals surface area (Å²) in [5, 5.41) is 9.41. The van der Waals surface area contributed by atoms with Gasteiger partial charge in [0.05, 0.1) is 5.69 Å². The van der Waals surface area contributed by atoms with Crippen LogP contribution in [0.5, 0.6) is 0 Å². The van der Waals surface area contributed by atoms with E-state index in [1.54, 1.807) is 12.1 Å².